The molecular weight excluding hydrogens is 314 g/mol. The van der Waals surface area contributed by atoms with Gasteiger partial charge in [-0.3, -0.25) is 24.5 Å². The van der Waals surface area contributed by atoms with Crippen LogP contribution in [0.25, 0.3) is 0 Å². The van der Waals surface area contributed by atoms with Gasteiger partial charge in [-0.2, -0.15) is 0 Å². The number of Topliss-reactive ketones (excluding diaryl/α,β-unsaturated/α-hetero) is 3. The van der Waals surface area contributed by atoms with Crippen molar-refractivity contribution < 1.29 is 24.4 Å². The Bertz CT molecular complexity index is 724. The minimum Gasteiger partial charge on any atom is -0.389 e. The van der Waals surface area contributed by atoms with Gasteiger partial charge in [0.2, 0.25) is 0 Å². The quantitative estimate of drug-likeness (QED) is 0.510. The average Bonchev–Trinajstić information content (AvgIpc) is 2.44. The first-order valence-corrected chi connectivity index (χ1v) is 7.56. The lowest BCUT2D eigenvalue weighted by atomic mass is 9.60. The minimum absolute atomic E-state index is 0.199. The van der Waals surface area contributed by atoms with Crippen molar-refractivity contribution in [2.75, 3.05) is 0 Å². The van der Waals surface area contributed by atoms with Crippen LogP contribution >= 0.6 is 0 Å². The molecule has 1 aliphatic carbocycles. The van der Waals surface area contributed by atoms with Crippen LogP contribution in [0.4, 0.5) is 5.69 Å². The highest BCUT2D eigenvalue weighted by molar-refractivity contribution is 6.05. The highest BCUT2D eigenvalue weighted by Crippen LogP contribution is 2.46. The van der Waals surface area contributed by atoms with Crippen molar-refractivity contribution >= 4 is 23.0 Å². The molecule has 1 N–H and O–H groups in total. The van der Waals surface area contributed by atoms with Crippen LogP contribution in [0.2, 0.25) is 0 Å². The van der Waals surface area contributed by atoms with Crippen LogP contribution in [0.1, 0.15) is 38.7 Å². The zero-order chi connectivity index (χ0) is 18.2. The van der Waals surface area contributed by atoms with Crippen LogP contribution in [0.3, 0.4) is 0 Å². The van der Waals surface area contributed by atoms with Crippen LogP contribution in [-0.4, -0.2) is 33.0 Å². The van der Waals surface area contributed by atoms with Crippen molar-refractivity contribution in [3.8, 4) is 0 Å². The van der Waals surface area contributed by atoms with Crippen molar-refractivity contribution in [1.82, 2.24) is 0 Å². The fourth-order valence-electron chi connectivity index (χ4n) is 3.75. The van der Waals surface area contributed by atoms with E-state index in [1.165, 1.54) is 45.0 Å². The van der Waals surface area contributed by atoms with Gasteiger partial charge in [-0.1, -0.05) is 12.1 Å². The number of carbonyl (C=O) groups excluding carboxylic acids is 3. The smallest absolute Gasteiger partial charge is 0.269 e. The SMILES string of the molecule is CC(=O)[C@@H]1C(=O)C[C@@](C)(O)[C@@H](C(C)=O)[C@@H]1c1cccc([N+](=O)[O-])c1. The Morgan fingerprint density at radius 3 is 2.42 bits per heavy atom. The van der Waals surface area contributed by atoms with E-state index in [-0.39, 0.29) is 17.9 Å². The minimum atomic E-state index is -1.61. The molecule has 1 aromatic carbocycles. The summed E-state index contributed by atoms with van der Waals surface area (Å²) in [6.45, 7) is 3.93. The summed E-state index contributed by atoms with van der Waals surface area (Å²) in [7, 11) is 0. The maximum atomic E-state index is 12.4. The number of hydrogen-bond donors (Lipinski definition) is 1. The molecule has 1 aromatic rings. The zero-order valence-electron chi connectivity index (χ0n) is 13.7. The second kappa shape index (κ2) is 6.24. The van der Waals surface area contributed by atoms with Crippen molar-refractivity contribution in [3.63, 3.8) is 0 Å². The molecule has 4 atom stereocenters. The van der Waals surface area contributed by atoms with E-state index in [0.29, 0.717) is 5.56 Å². The molecule has 0 saturated heterocycles. The lowest BCUT2D eigenvalue weighted by Crippen LogP contribution is -2.53. The lowest BCUT2D eigenvalue weighted by molar-refractivity contribution is -0.385. The molecule has 1 aliphatic rings. The van der Waals surface area contributed by atoms with E-state index in [1.807, 2.05) is 0 Å². The standard InChI is InChI=1S/C17H19NO6/c1-9(19)14-13(21)8-17(3,22)16(10(2)20)15(14)11-5-4-6-12(7-11)18(23)24/h4-7,14-16,22H,8H2,1-3H3/t14-,15-,16+,17-/m1/s1. The highest BCUT2D eigenvalue weighted by atomic mass is 16.6. The second-order valence-corrected chi connectivity index (χ2v) is 6.55. The number of aliphatic hydroxyl groups is 1. The Kier molecular flexibility index (Phi) is 4.66. The van der Waals surface area contributed by atoms with Gasteiger partial charge in [0.25, 0.3) is 5.69 Å². The lowest BCUT2D eigenvalue weighted by Gasteiger charge is -2.44. The maximum absolute atomic E-state index is 12.4. The van der Waals surface area contributed by atoms with Crippen molar-refractivity contribution in [2.24, 2.45) is 11.8 Å². The number of rotatable bonds is 4. The van der Waals surface area contributed by atoms with Gasteiger partial charge in [-0.05, 0) is 26.3 Å². The maximum Gasteiger partial charge on any atom is 0.269 e. The molecule has 0 radical (unpaired) electrons. The average molecular weight is 333 g/mol. The molecular formula is C17H19NO6. The summed E-state index contributed by atoms with van der Waals surface area (Å²) in [5.74, 6) is -4.25. The zero-order valence-corrected chi connectivity index (χ0v) is 13.7. The van der Waals surface area contributed by atoms with E-state index in [4.69, 9.17) is 0 Å². The Morgan fingerprint density at radius 1 is 1.29 bits per heavy atom. The Morgan fingerprint density at radius 2 is 1.92 bits per heavy atom. The number of nitro groups is 1. The van der Waals surface area contributed by atoms with E-state index in [0.717, 1.165) is 0 Å². The van der Waals surface area contributed by atoms with Gasteiger partial charge in [0.15, 0.2) is 0 Å². The normalized spacial score (nSPS) is 30.0. The van der Waals surface area contributed by atoms with Gasteiger partial charge in [0, 0.05) is 24.5 Å². The third-order valence-electron chi connectivity index (χ3n) is 4.61. The first-order chi connectivity index (χ1) is 11.1. The van der Waals surface area contributed by atoms with Crippen LogP contribution in [-0.2, 0) is 14.4 Å². The van der Waals surface area contributed by atoms with Gasteiger partial charge >= 0.3 is 0 Å². The summed E-state index contributed by atoms with van der Waals surface area (Å²) in [5, 5.41) is 21.6. The van der Waals surface area contributed by atoms with Gasteiger partial charge in [-0.15, -0.1) is 0 Å². The van der Waals surface area contributed by atoms with E-state index in [9.17, 15) is 29.6 Å². The summed E-state index contributed by atoms with van der Waals surface area (Å²) in [4.78, 5) is 47.0. The molecule has 7 heteroatoms. The predicted molar refractivity (Wildman–Crippen MR) is 84.4 cm³/mol. The number of hydrogen-bond acceptors (Lipinski definition) is 6. The Hall–Kier alpha value is -2.41. The number of nitro benzene ring substituents is 1. The highest BCUT2D eigenvalue weighted by Gasteiger charge is 2.53. The topological polar surface area (TPSA) is 115 Å². The Balaban J connectivity index is 2.67. The monoisotopic (exact) mass is 333 g/mol. The number of non-ortho nitro benzene ring substituents is 1. The van der Waals surface area contributed by atoms with Crippen molar-refractivity contribution in [3.05, 3.63) is 39.9 Å². The largest absolute Gasteiger partial charge is 0.389 e. The molecule has 0 spiro atoms. The fourth-order valence-corrected chi connectivity index (χ4v) is 3.75. The van der Waals surface area contributed by atoms with E-state index in [2.05, 4.69) is 0 Å². The van der Waals surface area contributed by atoms with E-state index < -0.39 is 39.8 Å². The molecule has 128 valence electrons. The molecule has 0 amide bonds. The van der Waals surface area contributed by atoms with Crippen molar-refractivity contribution in [2.45, 2.75) is 38.7 Å². The first-order valence-electron chi connectivity index (χ1n) is 7.56. The van der Waals surface area contributed by atoms with Gasteiger partial charge < -0.3 is 5.11 Å². The molecule has 0 bridgehead atoms. The molecule has 0 aromatic heterocycles. The van der Waals surface area contributed by atoms with Gasteiger partial charge in [-0.25, -0.2) is 0 Å². The summed E-state index contributed by atoms with van der Waals surface area (Å²) in [6.07, 6.45) is -0.299. The first kappa shape index (κ1) is 17.9. The van der Waals surface area contributed by atoms with E-state index >= 15 is 0 Å². The number of benzene rings is 1. The van der Waals surface area contributed by atoms with E-state index in [1.54, 1.807) is 0 Å². The Labute approximate surface area is 138 Å². The summed E-state index contributed by atoms with van der Waals surface area (Å²) in [5.41, 5.74) is -1.47. The third kappa shape index (κ3) is 3.12. The molecule has 7 nitrogen and oxygen atoms in total. The fraction of sp³-hybridized carbons (Fsp3) is 0.471. The molecule has 2 rings (SSSR count). The van der Waals surface area contributed by atoms with Gasteiger partial charge in [0.05, 0.1) is 22.4 Å². The van der Waals surface area contributed by atoms with Gasteiger partial charge in [0.1, 0.15) is 17.3 Å². The molecule has 1 saturated carbocycles. The molecule has 0 unspecified atom stereocenters. The molecule has 24 heavy (non-hydrogen) atoms. The van der Waals surface area contributed by atoms with Crippen LogP contribution in [0.15, 0.2) is 24.3 Å². The number of nitrogens with zero attached hydrogens (tertiary/aromatic N) is 1. The summed E-state index contributed by atoms with van der Waals surface area (Å²) >= 11 is 0. The predicted octanol–water partition coefficient (Wildman–Crippen LogP) is 1.81. The molecule has 0 heterocycles. The summed E-state index contributed by atoms with van der Waals surface area (Å²) < 4.78 is 0. The molecule has 1 fully saturated rings. The third-order valence-corrected chi connectivity index (χ3v) is 4.61. The number of carbonyl (C=O) groups is 3. The number of ketones is 3. The van der Waals surface area contributed by atoms with Crippen LogP contribution < -0.4 is 0 Å². The molecule has 0 aliphatic heterocycles. The van der Waals surface area contributed by atoms with Crippen LogP contribution in [0.5, 0.6) is 0 Å². The van der Waals surface area contributed by atoms with Crippen LogP contribution in [0, 0.1) is 22.0 Å². The second-order valence-electron chi connectivity index (χ2n) is 6.55. The van der Waals surface area contributed by atoms with Crippen molar-refractivity contribution in [1.29, 1.82) is 0 Å². The summed E-state index contributed by atoms with van der Waals surface area (Å²) in [6, 6.07) is 5.52.